The van der Waals surface area contributed by atoms with E-state index in [1.54, 1.807) is 0 Å². The summed E-state index contributed by atoms with van der Waals surface area (Å²) in [5, 5.41) is 1.62. The van der Waals surface area contributed by atoms with Gasteiger partial charge in [-0.05, 0) is 119 Å². The van der Waals surface area contributed by atoms with Crippen molar-refractivity contribution in [1.29, 1.82) is 0 Å². The van der Waals surface area contributed by atoms with Crippen LogP contribution in [0.25, 0.3) is 55.3 Å². The Morgan fingerprint density at radius 1 is 0.283 bits per heavy atom. The molecule has 0 unspecified atom stereocenters. The van der Waals surface area contributed by atoms with Crippen molar-refractivity contribution < 1.29 is 8.83 Å². The van der Waals surface area contributed by atoms with Crippen LogP contribution in [0.2, 0.25) is 0 Å². The number of nitrogens with zero attached hydrogens (tertiary/aromatic N) is 2. The molecule has 0 saturated carbocycles. The van der Waals surface area contributed by atoms with E-state index in [-0.39, 0.29) is 0 Å². The Labute approximate surface area is 346 Å². The first-order valence-electron chi connectivity index (χ1n) is 19.7. The van der Waals surface area contributed by atoms with Gasteiger partial charge in [-0.15, -0.1) is 0 Å². The summed E-state index contributed by atoms with van der Waals surface area (Å²) in [4.78, 5) is 31.6. The van der Waals surface area contributed by atoms with Crippen molar-refractivity contribution in [3.63, 3.8) is 0 Å². The maximum absolute atomic E-state index is 13.7. The molecule has 0 spiro atoms. The standard InChI is InChI=1S/C54H36N2O4/c57-53-49(33-41-27-29-47(35-51(41)59-53)55(43-19-5-1-6-20-43)44-21-7-2-8-22-44)39-17-13-15-37(31-39)38-16-14-18-40(32-38)50-34-42-28-30-48(36-52(42)60-54(50)58)56(45-23-9-3-10-24-45)46-25-11-4-12-26-46/h1-36H. The molecule has 0 saturated heterocycles. The van der Waals surface area contributed by atoms with E-state index in [9.17, 15) is 9.59 Å². The van der Waals surface area contributed by atoms with Gasteiger partial charge in [0, 0.05) is 57.0 Å². The molecule has 8 aromatic carbocycles. The van der Waals surface area contributed by atoms with Gasteiger partial charge in [-0.25, -0.2) is 9.59 Å². The zero-order chi connectivity index (χ0) is 40.4. The van der Waals surface area contributed by atoms with Gasteiger partial charge in [0.2, 0.25) is 0 Å². The Morgan fingerprint density at radius 2 is 0.617 bits per heavy atom. The average Bonchev–Trinajstić information content (AvgIpc) is 3.30. The fourth-order valence-corrected chi connectivity index (χ4v) is 7.82. The van der Waals surface area contributed by atoms with Gasteiger partial charge in [-0.1, -0.05) is 109 Å². The molecule has 10 aromatic rings. The van der Waals surface area contributed by atoms with E-state index in [0.717, 1.165) is 67.2 Å². The highest BCUT2D eigenvalue weighted by atomic mass is 16.4. The first-order chi connectivity index (χ1) is 29.6. The van der Waals surface area contributed by atoms with Crippen LogP contribution in [-0.4, -0.2) is 0 Å². The smallest absolute Gasteiger partial charge is 0.344 e. The molecule has 0 bridgehead atoms. The SMILES string of the molecule is O=c1oc2cc(N(c3ccccc3)c3ccccc3)ccc2cc1-c1cccc(-c2cccc(-c3cc4ccc(N(c5ccccc5)c5ccccc5)cc4oc3=O)c2)c1. The zero-order valence-electron chi connectivity index (χ0n) is 32.3. The first-order valence-corrected chi connectivity index (χ1v) is 19.7. The molecule has 0 amide bonds. The number of hydrogen-bond acceptors (Lipinski definition) is 6. The molecule has 0 atom stereocenters. The van der Waals surface area contributed by atoms with Crippen LogP contribution in [-0.2, 0) is 0 Å². The van der Waals surface area contributed by atoms with Crippen LogP contribution in [0.15, 0.2) is 237 Å². The zero-order valence-corrected chi connectivity index (χ0v) is 32.3. The van der Waals surface area contributed by atoms with Gasteiger partial charge in [0.05, 0.1) is 11.1 Å². The lowest BCUT2D eigenvalue weighted by Crippen LogP contribution is -2.10. The maximum Gasteiger partial charge on any atom is 0.344 e. The Hall–Kier alpha value is -8.22. The fraction of sp³-hybridized carbons (Fsp3) is 0. The summed E-state index contributed by atoms with van der Waals surface area (Å²) in [6.07, 6.45) is 0. The van der Waals surface area contributed by atoms with Crippen LogP contribution in [0.5, 0.6) is 0 Å². The van der Waals surface area contributed by atoms with E-state index in [1.165, 1.54) is 0 Å². The topological polar surface area (TPSA) is 66.9 Å². The van der Waals surface area contributed by atoms with Gasteiger partial charge in [0.1, 0.15) is 11.2 Å². The van der Waals surface area contributed by atoms with E-state index in [0.29, 0.717) is 22.3 Å². The molecule has 60 heavy (non-hydrogen) atoms. The summed E-state index contributed by atoms with van der Waals surface area (Å²) >= 11 is 0. The van der Waals surface area contributed by atoms with Gasteiger partial charge in [-0.2, -0.15) is 0 Å². The van der Waals surface area contributed by atoms with Gasteiger partial charge in [-0.3, -0.25) is 0 Å². The molecular weight excluding hydrogens is 741 g/mol. The summed E-state index contributed by atoms with van der Waals surface area (Å²) in [7, 11) is 0. The molecule has 0 fully saturated rings. The number of benzene rings is 8. The first kappa shape index (κ1) is 36.1. The number of hydrogen-bond donors (Lipinski definition) is 0. The van der Waals surface area contributed by atoms with Crippen molar-refractivity contribution >= 4 is 56.1 Å². The predicted octanol–water partition coefficient (Wildman–Crippen LogP) is 13.8. The maximum atomic E-state index is 13.7. The summed E-state index contributed by atoms with van der Waals surface area (Å²) in [5.41, 5.74) is 10.0. The molecule has 0 radical (unpaired) electrons. The van der Waals surface area contributed by atoms with Crippen LogP contribution in [0.1, 0.15) is 0 Å². The van der Waals surface area contributed by atoms with Gasteiger partial charge in [0.25, 0.3) is 0 Å². The minimum Gasteiger partial charge on any atom is -0.422 e. The lowest BCUT2D eigenvalue weighted by atomic mass is 9.96. The van der Waals surface area contributed by atoms with E-state index in [2.05, 4.69) is 58.3 Å². The quantitative estimate of drug-likeness (QED) is 0.136. The highest BCUT2D eigenvalue weighted by molar-refractivity contribution is 5.90. The molecule has 6 heteroatoms. The molecule has 0 aliphatic rings. The number of anilines is 6. The molecule has 0 aliphatic carbocycles. The number of para-hydroxylation sites is 4. The molecule has 2 heterocycles. The lowest BCUT2D eigenvalue weighted by Gasteiger charge is -2.25. The Kier molecular flexibility index (Phi) is 9.40. The van der Waals surface area contributed by atoms with E-state index in [1.807, 2.05) is 170 Å². The van der Waals surface area contributed by atoms with Gasteiger partial charge < -0.3 is 18.6 Å². The van der Waals surface area contributed by atoms with Crippen molar-refractivity contribution in [3.8, 4) is 33.4 Å². The summed E-state index contributed by atoms with van der Waals surface area (Å²) in [5.74, 6) is 0. The largest absolute Gasteiger partial charge is 0.422 e. The lowest BCUT2D eigenvalue weighted by molar-refractivity contribution is 0.563. The van der Waals surface area contributed by atoms with Gasteiger partial charge >= 0.3 is 11.3 Å². The normalized spacial score (nSPS) is 11.1. The van der Waals surface area contributed by atoms with Crippen LogP contribution in [0.3, 0.4) is 0 Å². The highest BCUT2D eigenvalue weighted by Gasteiger charge is 2.17. The van der Waals surface area contributed by atoms with E-state index >= 15 is 0 Å². The summed E-state index contributed by atoms with van der Waals surface area (Å²) in [6.45, 7) is 0. The van der Waals surface area contributed by atoms with Crippen molar-refractivity contribution in [2.75, 3.05) is 9.80 Å². The molecular formula is C54H36N2O4. The Morgan fingerprint density at radius 3 is 0.967 bits per heavy atom. The van der Waals surface area contributed by atoms with Crippen LogP contribution >= 0.6 is 0 Å². The second-order valence-corrected chi connectivity index (χ2v) is 14.5. The average molecular weight is 777 g/mol. The van der Waals surface area contributed by atoms with Crippen LogP contribution in [0.4, 0.5) is 34.1 Å². The number of rotatable bonds is 9. The third-order valence-electron chi connectivity index (χ3n) is 10.7. The Bertz CT molecular complexity index is 2950. The second kappa shape index (κ2) is 15.6. The van der Waals surface area contributed by atoms with Crippen LogP contribution in [0, 0.1) is 0 Å². The van der Waals surface area contributed by atoms with E-state index < -0.39 is 11.3 Å². The second-order valence-electron chi connectivity index (χ2n) is 14.5. The molecule has 0 N–H and O–H groups in total. The van der Waals surface area contributed by atoms with Crippen LogP contribution < -0.4 is 21.1 Å². The van der Waals surface area contributed by atoms with Crippen molar-refractivity contribution in [2.45, 2.75) is 0 Å². The third kappa shape index (κ3) is 7.03. The summed E-state index contributed by atoms with van der Waals surface area (Å²) < 4.78 is 12.0. The molecule has 2 aromatic heterocycles. The summed E-state index contributed by atoms with van der Waals surface area (Å²) in [6, 6.07) is 71.7. The molecule has 0 aliphatic heterocycles. The van der Waals surface area contributed by atoms with Gasteiger partial charge in [0.15, 0.2) is 0 Å². The van der Waals surface area contributed by atoms with Crippen molar-refractivity contribution in [2.24, 2.45) is 0 Å². The fourth-order valence-electron chi connectivity index (χ4n) is 7.82. The van der Waals surface area contributed by atoms with E-state index in [4.69, 9.17) is 8.83 Å². The van der Waals surface area contributed by atoms with Crippen molar-refractivity contribution in [1.82, 2.24) is 0 Å². The molecule has 6 nitrogen and oxygen atoms in total. The monoisotopic (exact) mass is 776 g/mol. The third-order valence-corrected chi connectivity index (χ3v) is 10.7. The highest BCUT2D eigenvalue weighted by Crippen LogP contribution is 2.38. The Balaban J connectivity index is 0.961. The minimum absolute atomic E-state index is 0.427. The number of fused-ring (bicyclic) bond motifs is 2. The van der Waals surface area contributed by atoms with Crippen molar-refractivity contribution in [3.05, 3.63) is 239 Å². The predicted molar refractivity (Wildman–Crippen MR) is 244 cm³/mol. The molecule has 10 rings (SSSR count). The molecule has 286 valence electrons. The minimum atomic E-state index is -0.427.